The van der Waals surface area contributed by atoms with Crippen LogP contribution in [0.5, 0.6) is 0 Å². The molecule has 1 atom stereocenters. The number of hydrogen-bond donors (Lipinski definition) is 1. The number of pyridine rings is 1. The van der Waals surface area contributed by atoms with E-state index in [1.54, 1.807) is 19.3 Å². The third kappa shape index (κ3) is 4.42. The molecule has 18 heavy (non-hydrogen) atoms. The second-order valence-electron chi connectivity index (χ2n) is 5.12. The first-order chi connectivity index (χ1) is 8.21. The molecule has 0 saturated heterocycles. The van der Waals surface area contributed by atoms with E-state index in [0.29, 0.717) is 13.0 Å². The van der Waals surface area contributed by atoms with Crippen molar-refractivity contribution in [3.05, 3.63) is 32.7 Å². The number of aromatic nitrogens is 1. The summed E-state index contributed by atoms with van der Waals surface area (Å²) in [4.78, 5) is 11.5. The van der Waals surface area contributed by atoms with Crippen molar-refractivity contribution in [1.29, 1.82) is 0 Å². The molecule has 0 fully saturated rings. The van der Waals surface area contributed by atoms with Crippen LogP contribution in [0, 0.1) is 0 Å². The molecule has 0 aliphatic heterocycles. The van der Waals surface area contributed by atoms with Crippen LogP contribution in [0.2, 0.25) is 0 Å². The largest absolute Gasteiger partial charge is 0.598 e. The van der Waals surface area contributed by atoms with Gasteiger partial charge in [-0.1, -0.05) is 0 Å². The predicted octanol–water partition coefficient (Wildman–Crippen LogP) is 1.74. The molecule has 0 aliphatic carbocycles. The number of rotatable bonds is 4. The summed E-state index contributed by atoms with van der Waals surface area (Å²) in [7, 11) is 1.71. The molecule has 0 saturated carbocycles. The standard InChI is InChI=1S/C12H19BrN2O2S/c1-12(2,3)18(17)14-6-5-9-7-11(16)15(4)8-10(9)13/h7-8,14H,5-6H2,1-4H3. The van der Waals surface area contributed by atoms with Crippen molar-refractivity contribution in [2.75, 3.05) is 6.54 Å². The highest BCUT2D eigenvalue weighted by Crippen LogP contribution is 2.15. The fourth-order valence-electron chi connectivity index (χ4n) is 1.32. The molecular weight excluding hydrogens is 316 g/mol. The molecule has 1 unspecified atom stereocenters. The molecule has 0 amide bonds. The van der Waals surface area contributed by atoms with E-state index in [9.17, 15) is 9.35 Å². The van der Waals surface area contributed by atoms with Gasteiger partial charge in [0, 0.05) is 41.7 Å². The van der Waals surface area contributed by atoms with E-state index >= 15 is 0 Å². The fourth-order valence-corrected chi connectivity index (χ4v) is 2.66. The predicted molar refractivity (Wildman–Crippen MR) is 79.0 cm³/mol. The Labute approximate surface area is 119 Å². The summed E-state index contributed by atoms with van der Waals surface area (Å²) in [6.45, 7) is 6.34. The van der Waals surface area contributed by atoms with Crippen molar-refractivity contribution >= 4 is 27.3 Å². The summed E-state index contributed by atoms with van der Waals surface area (Å²) in [5.41, 5.74) is 0.890. The molecule has 6 heteroatoms. The summed E-state index contributed by atoms with van der Waals surface area (Å²) < 4.78 is 16.9. The van der Waals surface area contributed by atoms with Gasteiger partial charge in [-0.05, 0) is 48.7 Å². The van der Waals surface area contributed by atoms with Gasteiger partial charge in [-0.15, -0.1) is 4.72 Å². The third-order valence-electron chi connectivity index (χ3n) is 2.44. The molecule has 1 aromatic heterocycles. The number of nitrogens with zero attached hydrogens (tertiary/aromatic N) is 1. The van der Waals surface area contributed by atoms with Gasteiger partial charge in [0.1, 0.15) is 4.75 Å². The van der Waals surface area contributed by atoms with Gasteiger partial charge in [0.25, 0.3) is 5.56 Å². The second kappa shape index (κ2) is 6.23. The number of nitrogens with one attached hydrogen (secondary N) is 1. The number of aryl methyl sites for hydroxylation is 1. The molecule has 1 aromatic rings. The van der Waals surface area contributed by atoms with E-state index in [1.807, 2.05) is 20.8 Å². The van der Waals surface area contributed by atoms with E-state index < -0.39 is 11.4 Å². The monoisotopic (exact) mass is 334 g/mol. The lowest BCUT2D eigenvalue weighted by molar-refractivity contribution is 0.544. The van der Waals surface area contributed by atoms with Gasteiger partial charge in [-0.3, -0.25) is 4.79 Å². The van der Waals surface area contributed by atoms with Crippen LogP contribution < -0.4 is 10.3 Å². The van der Waals surface area contributed by atoms with Gasteiger partial charge in [0.2, 0.25) is 0 Å². The Morgan fingerprint density at radius 1 is 1.50 bits per heavy atom. The molecular formula is C12H19BrN2O2S. The zero-order valence-electron chi connectivity index (χ0n) is 11.1. The second-order valence-corrected chi connectivity index (χ2v) is 8.03. The van der Waals surface area contributed by atoms with Crippen LogP contribution in [0.25, 0.3) is 0 Å². The lowest BCUT2D eigenvalue weighted by Crippen LogP contribution is -2.40. The first-order valence-electron chi connectivity index (χ1n) is 5.72. The molecule has 0 radical (unpaired) electrons. The van der Waals surface area contributed by atoms with Crippen LogP contribution in [0.1, 0.15) is 26.3 Å². The van der Waals surface area contributed by atoms with Crippen LogP contribution in [0.3, 0.4) is 0 Å². The minimum absolute atomic E-state index is 0.0369. The van der Waals surface area contributed by atoms with Crippen molar-refractivity contribution in [2.24, 2.45) is 7.05 Å². The summed E-state index contributed by atoms with van der Waals surface area (Å²) in [6, 6.07) is 1.60. The Hall–Kier alpha value is -0.300. The summed E-state index contributed by atoms with van der Waals surface area (Å²) in [6.07, 6.45) is 2.41. The van der Waals surface area contributed by atoms with Crippen molar-refractivity contribution in [3.63, 3.8) is 0 Å². The minimum Gasteiger partial charge on any atom is -0.598 e. The Bertz CT molecular complexity index is 468. The number of hydrogen-bond acceptors (Lipinski definition) is 3. The zero-order valence-corrected chi connectivity index (χ0v) is 13.5. The Balaban J connectivity index is 2.60. The quantitative estimate of drug-likeness (QED) is 0.853. The van der Waals surface area contributed by atoms with E-state index in [4.69, 9.17) is 0 Å². The topological polar surface area (TPSA) is 57.1 Å². The normalized spacial score (nSPS) is 13.7. The van der Waals surface area contributed by atoms with Gasteiger partial charge >= 0.3 is 0 Å². The molecule has 0 aliphatic rings. The first kappa shape index (κ1) is 15.8. The van der Waals surface area contributed by atoms with E-state index in [-0.39, 0.29) is 10.3 Å². The zero-order chi connectivity index (χ0) is 13.9. The molecule has 1 rings (SSSR count). The SMILES string of the molecule is Cn1cc(Br)c(CCN[S+]([O-])C(C)(C)C)cc1=O. The van der Waals surface area contributed by atoms with Gasteiger partial charge < -0.3 is 9.12 Å². The first-order valence-corrected chi connectivity index (χ1v) is 7.66. The van der Waals surface area contributed by atoms with Crippen molar-refractivity contribution in [3.8, 4) is 0 Å². The molecule has 1 heterocycles. The highest BCUT2D eigenvalue weighted by atomic mass is 79.9. The fraction of sp³-hybridized carbons (Fsp3) is 0.583. The van der Waals surface area contributed by atoms with Crippen LogP contribution in [0.15, 0.2) is 21.5 Å². The Morgan fingerprint density at radius 3 is 2.67 bits per heavy atom. The van der Waals surface area contributed by atoms with Crippen LogP contribution >= 0.6 is 15.9 Å². The Morgan fingerprint density at radius 2 is 2.11 bits per heavy atom. The van der Waals surface area contributed by atoms with E-state index in [2.05, 4.69) is 20.7 Å². The smallest absolute Gasteiger partial charge is 0.250 e. The van der Waals surface area contributed by atoms with Crippen LogP contribution in [0.4, 0.5) is 0 Å². The lowest BCUT2D eigenvalue weighted by atomic mass is 10.2. The molecule has 0 spiro atoms. The lowest BCUT2D eigenvalue weighted by Gasteiger charge is -2.23. The summed E-state index contributed by atoms with van der Waals surface area (Å²) in [5, 5.41) is 0. The maximum Gasteiger partial charge on any atom is 0.250 e. The van der Waals surface area contributed by atoms with Gasteiger partial charge in [-0.25, -0.2) is 0 Å². The van der Waals surface area contributed by atoms with Crippen LogP contribution in [-0.4, -0.2) is 20.4 Å². The maximum atomic E-state index is 11.8. The van der Waals surface area contributed by atoms with Crippen molar-refractivity contribution in [1.82, 2.24) is 9.29 Å². The highest BCUT2D eigenvalue weighted by molar-refractivity contribution is 9.10. The molecule has 102 valence electrons. The van der Waals surface area contributed by atoms with E-state index in [0.717, 1.165) is 10.0 Å². The summed E-state index contributed by atoms with van der Waals surface area (Å²) >= 11 is 2.35. The van der Waals surface area contributed by atoms with Crippen molar-refractivity contribution < 1.29 is 4.55 Å². The van der Waals surface area contributed by atoms with Crippen LogP contribution in [-0.2, 0) is 24.8 Å². The average molecular weight is 335 g/mol. The molecule has 4 nitrogen and oxygen atoms in total. The average Bonchev–Trinajstić information content (AvgIpc) is 2.23. The number of halogens is 1. The van der Waals surface area contributed by atoms with Gasteiger partial charge in [-0.2, -0.15) is 0 Å². The van der Waals surface area contributed by atoms with Gasteiger partial charge in [0.15, 0.2) is 0 Å². The molecule has 1 N–H and O–H groups in total. The molecule has 0 aromatic carbocycles. The van der Waals surface area contributed by atoms with Crippen molar-refractivity contribution in [2.45, 2.75) is 31.9 Å². The van der Waals surface area contributed by atoms with E-state index in [1.165, 1.54) is 4.57 Å². The summed E-state index contributed by atoms with van der Waals surface area (Å²) in [5.74, 6) is 0. The molecule has 0 bridgehead atoms. The third-order valence-corrected chi connectivity index (χ3v) is 4.74. The highest BCUT2D eigenvalue weighted by Gasteiger charge is 2.25. The maximum absolute atomic E-state index is 11.8. The van der Waals surface area contributed by atoms with Gasteiger partial charge in [0.05, 0.1) is 0 Å². The Kier molecular flexibility index (Phi) is 5.46. The minimum atomic E-state index is -1.08.